The Morgan fingerprint density at radius 2 is 2.00 bits per heavy atom. The molecule has 0 amide bonds. The first-order chi connectivity index (χ1) is 7.58. The fourth-order valence-corrected chi connectivity index (χ4v) is 2.52. The number of halogens is 3. The molecule has 1 saturated carbocycles. The summed E-state index contributed by atoms with van der Waals surface area (Å²) >= 11 is 3.22. The molecule has 1 aliphatic carbocycles. The van der Waals surface area contributed by atoms with Gasteiger partial charge in [-0.15, -0.1) is 12.4 Å². The summed E-state index contributed by atoms with van der Waals surface area (Å²) in [7, 11) is 0. The SMILES string of the molecule is Cl.N[C@@H](c1cc(F)cc(Br)c1)[C@H](O)C1CCC1. The first kappa shape index (κ1) is 14.9. The van der Waals surface area contributed by atoms with Crippen LogP contribution in [0.5, 0.6) is 0 Å². The minimum atomic E-state index is -0.567. The van der Waals surface area contributed by atoms with Crippen molar-refractivity contribution in [2.75, 3.05) is 0 Å². The summed E-state index contributed by atoms with van der Waals surface area (Å²) < 4.78 is 13.8. The molecule has 0 unspecified atom stereocenters. The molecule has 0 aromatic heterocycles. The van der Waals surface area contributed by atoms with Crippen LogP contribution in [0.25, 0.3) is 0 Å². The van der Waals surface area contributed by atoms with Crippen molar-refractivity contribution in [3.8, 4) is 0 Å². The van der Waals surface area contributed by atoms with Crippen LogP contribution in [0.2, 0.25) is 0 Å². The Balaban J connectivity index is 0.00000144. The highest BCUT2D eigenvalue weighted by molar-refractivity contribution is 9.10. The molecular weight excluding hydrogens is 308 g/mol. The van der Waals surface area contributed by atoms with Crippen molar-refractivity contribution in [2.45, 2.75) is 31.4 Å². The smallest absolute Gasteiger partial charge is 0.124 e. The fourth-order valence-electron chi connectivity index (χ4n) is 2.04. The van der Waals surface area contributed by atoms with E-state index in [1.807, 2.05) is 0 Å². The second kappa shape index (κ2) is 6.14. The summed E-state index contributed by atoms with van der Waals surface area (Å²) in [4.78, 5) is 0. The van der Waals surface area contributed by atoms with Gasteiger partial charge in [-0.1, -0.05) is 22.4 Å². The normalized spacial score (nSPS) is 19.1. The van der Waals surface area contributed by atoms with Gasteiger partial charge in [-0.3, -0.25) is 0 Å². The Labute approximate surface area is 115 Å². The van der Waals surface area contributed by atoms with Crippen molar-refractivity contribution in [2.24, 2.45) is 11.7 Å². The van der Waals surface area contributed by atoms with E-state index in [0.29, 0.717) is 10.0 Å². The van der Waals surface area contributed by atoms with E-state index in [1.165, 1.54) is 12.1 Å². The quantitative estimate of drug-likeness (QED) is 0.897. The summed E-state index contributed by atoms with van der Waals surface area (Å²) in [6.45, 7) is 0. The van der Waals surface area contributed by atoms with Crippen LogP contribution in [0.15, 0.2) is 22.7 Å². The molecule has 1 aromatic carbocycles. The highest BCUT2D eigenvalue weighted by atomic mass is 79.9. The summed E-state index contributed by atoms with van der Waals surface area (Å²) in [5.41, 5.74) is 6.59. The molecule has 0 saturated heterocycles. The van der Waals surface area contributed by atoms with Crippen LogP contribution in [-0.4, -0.2) is 11.2 Å². The van der Waals surface area contributed by atoms with E-state index in [2.05, 4.69) is 15.9 Å². The Bertz CT molecular complexity index is 367. The van der Waals surface area contributed by atoms with E-state index in [4.69, 9.17) is 5.73 Å². The number of benzene rings is 1. The van der Waals surface area contributed by atoms with E-state index in [-0.39, 0.29) is 24.1 Å². The number of nitrogens with two attached hydrogens (primary N) is 1. The topological polar surface area (TPSA) is 46.2 Å². The lowest BCUT2D eigenvalue weighted by Gasteiger charge is -2.33. The van der Waals surface area contributed by atoms with Crippen molar-refractivity contribution in [3.05, 3.63) is 34.1 Å². The molecule has 2 nitrogen and oxygen atoms in total. The maximum absolute atomic E-state index is 13.2. The van der Waals surface area contributed by atoms with Gasteiger partial charge in [0.1, 0.15) is 5.82 Å². The molecule has 2 rings (SSSR count). The number of aliphatic hydroxyl groups is 1. The number of rotatable bonds is 3. The Hall–Kier alpha value is -0.160. The van der Waals surface area contributed by atoms with Crippen molar-refractivity contribution in [1.82, 2.24) is 0 Å². The van der Waals surface area contributed by atoms with Crippen LogP contribution in [0.4, 0.5) is 4.39 Å². The van der Waals surface area contributed by atoms with Crippen LogP contribution in [-0.2, 0) is 0 Å². The van der Waals surface area contributed by atoms with Crippen LogP contribution in [0.1, 0.15) is 30.9 Å². The number of hydrogen-bond donors (Lipinski definition) is 2. The van der Waals surface area contributed by atoms with Gasteiger partial charge in [0.2, 0.25) is 0 Å². The summed E-state index contributed by atoms with van der Waals surface area (Å²) in [5, 5.41) is 10.0. The van der Waals surface area contributed by atoms with Gasteiger partial charge in [-0.2, -0.15) is 0 Å². The van der Waals surface area contributed by atoms with E-state index >= 15 is 0 Å². The van der Waals surface area contributed by atoms with E-state index in [9.17, 15) is 9.50 Å². The van der Waals surface area contributed by atoms with E-state index in [1.54, 1.807) is 6.07 Å². The fraction of sp³-hybridized carbons (Fsp3) is 0.500. The number of aliphatic hydroxyl groups excluding tert-OH is 1. The lowest BCUT2D eigenvalue weighted by atomic mass is 9.77. The molecule has 1 aromatic rings. The monoisotopic (exact) mass is 323 g/mol. The molecule has 17 heavy (non-hydrogen) atoms. The van der Waals surface area contributed by atoms with Crippen molar-refractivity contribution < 1.29 is 9.50 Å². The molecule has 0 spiro atoms. The Kier molecular flexibility index (Phi) is 5.38. The average Bonchev–Trinajstić information content (AvgIpc) is 2.12. The Morgan fingerprint density at radius 3 is 2.47 bits per heavy atom. The molecule has 0 bridgehead atoms. The summed E-state index contributed by atoms with van der Waals surface area (Å²) in [6.07, 6.45) is 2.63. The third kappa shape index (κ3) is 3.41. The molecule has 5 heteroatoms. The molecular formula is C12H16BrClFNO. The van der Waals surface area contributed by atoms with Crippen molar-refractivity contribution in [1.29, 1.82) is 0 Å². The molecule has 0 radical (unpaired) electrons. The summed E-state index contributed by atoms with van der Waals surface area (Å²) in [5.74, 6) is -0.0577. The first-order valence-corrected chi connectivity index (χ1v) is 6.27. The molecule has 0 heterocycles. The van der Waals surface area contributed by atoms with Gasteiger partial charge in [0.15, 0.2) is 0 Å². The zero-order valence-electron chi connectivity index (χ0n) is 9.27. The lowest BCUT2D eigenvalue weighted by Crippen LogP contribution is -2.36. The van der Waals surface area contributed by atoms with Gasteiger partial charge in [0.05, 0.1) is 12.1 Å². The maximum atomic E-state index is 13.2. The van der Waals surface area contributed by atoms with E-state index in [0.717, 1.165) is 19.3 Å². The average molecular weight is 325 g/mol. The third-order valence-electron chi connectivity index (χ3n) is 3.27. The lowest BCUT2D eigenvalue weighted by molar-refractivity contribution is 0.0413. The predicted octanol–water partition coefficient (Wildman–Crippen LogP) is 3.17. The highest BCUT2D eigenvalue weighted by Crippen LogP contribution is 2.34. The van der Waals surface area contributed by atoms with Crippen LogP contribution in [0, 0.1) is 11.7 Å². The number of hydrogen-bond acceptors (Lipinski definition) is 2. The second-order valence-corrected chi connectivity index (χ2v) is 5.33. The van der Waals surface area contributed by atoms with Gasteiger partial charge < -0.3 is 10.8 Å². The first-order valence-electron chi connectivity index (χ1n) is 5.47. The van der Waals surface area contributed by atoms with Gasteiger partial charge in [0, 0.05) is 4.47 Å². The van der Waals surface area contributed by atoms with Crippen LogP contribution < -0.4 is 5.73 Å². The van der Waals surface area contributed by atoms with Gasteiger partial charge in [-0.25, -0.2) is 4.39 Å². The standard InChI is InChI=1S/C12H15BrFNO.ClH/c13-9-4-8(5-10(14)6-9)11(15)12(16)7-2-1-3-7;/h4-7,11-12,16H,1-3,15H2;1H/t11-,12+;/m0./s1. The minimum absolute atomic E-state index is 0. The summed E-state index contributed by atoms with van der Waals surface area (Å²) in [6, 6.07) is 4.02. The highest BCUT2D eigenvalue weighted by Gasteiger charge is 2.30. The molecule has 96 valence electrons. The molecule has 1 fully saturated rings. The van der Waals surface area contributed by atoms with Crippen LogP contribution in [0.3, 0.4) is 0 Å². The molecule has 2 atom stereocenters. The zero-order valence-corrected chi connectivity index (χ0v) is 11.7. The van der Waals surface area contributed by atoms with E-state index < -0.39 is 12.1 Å². The van der Waals surface area contributed by atoms with Gasteiger partial charge in [0.25, 0.3) is 0 Å². The van der Waals surface area contributed by atoms with Gasteiger partial charge >= 0.3 is 0 Å². The third-order valence-corrected chi connectivity index (χ3v) is 3.73. The molecule has 3 N–H and O–H groups in total. The van der Waals surface area contributed by atoms with Crippen molar-refractivity contribution >= 4 is 28.3 Å². The largest absolute Gasteiger partial charge is 0.391 e. The minimum Gasteiger partial charge on any atom is -0.391 e. The predicted molar refractivity (Wildman–Crippen MR) is 71.6 cm³/mol. The van der Waals surface area contributed by atoms with Crippen molar-refractivity contribution in [3.63, 3.8) is 0 Å². The Morgan fingerprint density at radius 1 is 1.35 bits per heavy atom. The van der Waals surface area contributed by atoms with Crippen LogP contribution >= 0.6 is 28.3 Å². The maximum Gasteiger partial charge on any atom is 0.124 e. The molecule has 0 aliphatic heterocycles. The second-order valence-electron chi connectivity index (χ2n) is 4.41. The zero-order chi connectivity index (χ0) is 11.7. The van der Waals surface area contributed by atoms with Gasteiger partial charge in [-0.05, 0) is 42.5 Å². The molecule has 1 aliphatic rings.